The molecule has 98 valence electrons. The summed E-state index contributed by atoms with van der Waals surface area (Å²) >= 11 is 0. The Morgan fingerprint density at radius 1 is 1.16 bits per heavy atom. The van der Waals surface area contributed by atoms with Crippen molar-refractivity contribution in [3.63, 3.8) is 0 Å². The van der Waals surface area contributed by atoms with Crippen LogP contribution in [0.3, 0.4) is 0 Å². The summed E-state index contributed by atoms with van der Waals surface area (Å²) in [6, 6.07) is 5.47. The molecule has 2 aromatic heterocycles. The minimum atomic E-state index is -0.176. The largest absolute Gasteiger partial charge is 0.352 e. The van der Waals surface area contributed by atoms with Gasteiger partial charge in [-0.15, -0.1) is 0 Å². The van der Waals surface area contributed by atoms with Crippen molar-refractivity contribution in [3.8, 4) is 0 Å². The third-order valence-electron chi connectivity index (χ3n) is 2.67. The maximum Gasteiger partial charge on any atom is 0.253 e. The van der Waals surface area contributed by atoms with Crippen molar-refractivity contribution >= 4 is 11.6 Å². The Hall–Kier alpha value is -2.47. The lowest BCUT2D eigenvalue weighted by Crippen LogP contribution is -2.27. The average Bonchev–Trinajstić information content (AvgIpc) is 2.48. The molecule has 0 aromatic carbocycles. The SMILES string of the molecule is NNc1cnccc1C(=O)NCCc1ccncc1. The molecule has 6 nitrogen and oxygen atoms in total. The van der Waals surface area contributed by atoms with Crippen LogP contribution in [0.15, 0.2) is 43.0 Å². The molecule has 0 bridgehead atoms. The van der Waals surface area contributed by atoms with Gasteiger partial charge in [-0.25, -0.2) is 0 Å². The highest BCUT2D eigenvalue weighted by molar-refractivity contribution is 5.99. The number of nitrogen functional groups attached to an aromatic ring is 1. The van der Waals surface area contributed by atoms with E-state index in [0.29, 0.717) is 17.8 Å². The highest BCUT2D eigenvalue weighted by atomic mass is 16.1. The van der Waals surface area contributed by atoms with E-state index < -0.39 is 0 Å². The summed E-state index contributed by atoms with van der Waals surface area (Å²) in [4.78, 5) is 19.8. The van der Waals surface area contributed by atoms with Crippen molar-refractivity contribution in [2.75, 3.05) is 12.0 Å². The molecule has 0 saturated carbocycles. The molecule has 0 atom stereocenters. The van der Waals surface area contributed by atoms with Crippen LogP contribution >= 0.6 is 0 Å². The molecule has 0 fully saturated rings. The number of hydrogen-bond acceptors (Lipinski definition) is 5. The standard InChI is InChI=1S/C13H15N5O/c14-18-12-9-16-7-4-11(12)13(19)17-8-3-10-1-5-15-6-2-10/h1-2,4-7,9,18H,3,8,14H2,(H,17,19). The maximum atomic E-state index is 12.0. The summed E-state index contributed by atoms with van der Waals surface area (Å²) in [6.45, 7) is 0.551. The fourth-order valence-electron chi connectivity index (χ4n) is 1.67. The Morgan fingerprint density at radius 3 is 2.63 bits per heavy atom. The highest BCUT2D eigenvalue weighted by Crippen LogP contribution is 2.11. The van der Waals surface area contributed by atoms with Crippen LogP contribution in [0.2, 0.25) is 0 Å². The molecular weight excluding hydrogens is 242 g/mol. The second-order valence-electron chi connectivity index (χ2n) is 3.93. The van der Waals surface area contributed by atoms with Gasteiger partial charge in [0.05, 0.1) is 17.4 Å². The van der Waals surface area contributed by atoms with Crippen molar-refractivity contribution in [1.82, 2.24) is 15.3 Å². The summed E-state index contributed by atoms with van der Waals surface area (Å²) in [5.74, 6) is 5.15. The molecule has 0 aliphatic heterocycles. The Bertz CT molecular complexity index is 544. The van der Waals surface area contributed by atoms with Crippen molar-refractivity contribution in [1.29, 1.82) is 0 Å². The van der Waals surface area contributed by atoms with E-state index in [1.54, 1.807) is 24.7 Å². The van der Waals surface area contributed by atoms with Crippen LogP contribution in [0.1, 0.15) is 15.9 Å². The molecule has 2 rings (SSSR count). The van der Waals surface area contributed by atoms with E-state index in [1.807, 2.05) is 12.1 Å². The molecule has 6 heteroatoms. The predicted octanol–water partition coefficient (Wildman–Crippen LogP) is 0.735. The van der Waals surface area contributed by atoms with Crippen molar-refractivity contribution < 1.29 is 4.79 Å². The molecule has 0 saturated heterocycles. The fourth-order valence-corrected chi connectivity index (χ4v) is 1.67. The van der Waals surface area contributed by atoms with E-state index in [9.17, 15) is 4.79 Å². The van der Waals surface area contributed by atoms with Crippen molar-refractivity contribution in [3.05, 3.63) is 54.1 Å². The van der Waals surface area contributed by atoms with E-state index in [1.165, 1.54) is 6.20 Å². The molecule has 1 amide bonds. The normalized spacial score (nSPS) is 9.95. The molecular formula is C13H15N5O. The Balaban J connectivity index is 1.91. The second-order valence-corrected chi connectivity index (χ2v) is 3.93. The summed E-state index contributed by atoms with van der Waals surface area (Å²) in [5.41, 5.74) is 4.56. The number of hydrazine groups is 1. The van der Waals surface area contributed by atoms with Gasteiger partial charge in [0, 0.05) is 25.1 Å². The Morgan fingerprint density at radius 2 is 1.89 bits per heavy atom. The van der Waals surface area contributed by atoms with Crippen LogP contribution < -0.4 is 16.6 Å². The summed E-state index contributed by atoms with van der Waals surface area (Å²) < 4.78 is 0. The molecule has 19 heavy (non-hydrogen) atoms. The molecule has 0 radical (unpaired) electrons. The van der Waals surface area contributed by atoms with Gasteiger partial charge in [-0.2, -0.15) is 0 Å². The van der Waals surface area contributed by atoms with Gasteiger partial charge in [0.25, 0.3) is 5.91 Å². The number of pyridine rings is 2. The second kappa shape index (κ2) is 6.46. The molecule has 2 aromatic rings. The molecule has 0 unspecified atom stereocenters. The van der Waals surface area contributed by atoms with E-state index >= 15 is 0 Å². The summed E-state index contributed by atoms with van der Waals surface area (Å²) in [6.07, 6.45) is 7.29. The number of anilines is 1. The molecule has 0 aliphatic carbocycles. The van der Waals surface area contributed by atoms with Crippen molar-refractivity contribution in [2.45, 2.75) is 6.42 Å². The Labute approximate surface area is 111 Å². The lowest BCUT2D eigenvalue weighted by atomic mass is 10.2. The lowest BCUT2D eigenvalue weighted by molar-refractivity contribution is 0.0955. The molecule has 0 spiro atoms. The van der Waals surface area contributed by atoms with Crippen molar-refractivity contribution in [2.24, 2.45) is 5.84 Å². The first-order valence-electron chi connectivity index (χ1n) is 5.89. The minimum absolute atomic E-state index is 0.176. The number of amides is 1. The zero-order valence-electron chi connectivity index (χ0n) is 10.3. The van der Waals surface area contributed by atoms with Gasteiger partial charge in [-0.3, -0.25) is 20.6 Å². The monoisotopic (exact) mass is 257 g/mol. The van der Waals surface area contributed by atoms with Gasteiger partial charge in [-0.05, 0) is 30.2 Å². The third-order valence-corrected chi connectivity index (χ3v) is 2.67. The maximum absolute atomic E-state index is 12.0. The van der Waals surface area contributed by atoms with Crippen LogP contribution in [0.4, 0.5) is 5.69 Å². The number of nitrogens with zero attached hydrogens (tertiary/aromatic N) is 2. The number of nitrogens with one attached hydrogen (secondary N) is 2. The van der Waals surface area contributed by atoms with E-state index in [4.69, 9.17) is 5.84 Å². The van der Waals surface area contributed by atoms with Gasteiger partial charge in [0.2, 0.25) is 0 Å². The first-order valence-corrected chi connectivity index (χ1v) is 5.89. The zero-order valence-corrected chi connectivity index (χ0v) is 10.3. The van der Waals surface area contributed by atoms with Gasteiger partial charge < -0.3 is 10.7 Å². The first-order chi connectivity index (χ1) is 9.31. The first kappa shape index (κ1) is 13.0. The minimum Gasteiger partial charge on any atom is -0.352 e. The van der Waals surface area contributed by atoms with Crippen LogP contribution in [0.5, 0.6) is 0 Å². The van der Waals surface area contributed by atoms with Gasteiger partial charge in [0.15, 0.2) is 0 Å². The topological polar surface area (TPSA) is 92.9 Å². The zero-order chi connectivity index (χ0) is 13.5. The van der Waals surface area contributed by atoms with E-state index in [2.05, 4.69) is 20.7 Å². The smallest absolute Gasteiger partial charge is 0.253 e. The third kappa shape index (κ3) is 3.49. The molecule has 0 aliphatic rings. The molecule has 4 N–H and O–H groups in total. The summed E-state index contributed by atoms with van der Waals surface area (Å²) in [5, 5.41) is 2.84. The number of aromatic nitrogens is 2. The van der Waals surface area contributed by atoms with Crippen LogP contribution in [0.25, 0.3) is 0 Å². The van der Waals surface area contributed by atoms with Crippen LogP contribution in [0, 0.1) is 0 Å². The van der Waals surface area contributed by atoms with Crippen LogP contribution in [-0.4, -0.2) is 22.4 Å². The fraction of sp³-hybridized carbons (Fsp3) is 0.154. The Kier molecular flexibility index (Phi) is 4.41. The average molecular weight is 257 g/mol. The number of rotatable bonds is 5. The van der Waals surface area contributed by atoms with E-state index in [0.717, 1.165) is 12.0 Å². The lowest BCUT2D eigenvalue weighted by Gasteiger charge is -2.08. The molecule has 2 heterocycles. The van der Waals surface area contributed by atoms with Gasteiger partial charge >= 0.3 is 0 Å². The number of carbonyl (C=O) groups is 1. The highest BCUT2D eigenvalue weighted by Gasteiger charge is 2.09. The quantitative estimate of drug-likeness (QED) is 0.542. The van der Waals surface area contributed by atoms with Gasteiger partial charge in [-0.1, -0.05) is 0 Å². The predicted molar refractivity (Wildman–Crippen MR) is 72.3 cm³/mol. The number of carbonyl (C=O) groups excluding carboxylic acids is 1. The number of hydrogen-bond donors (Lipinski definition) is 3. The van der Waals surface area contributed by atoms with Gasteiger partial charge in [0.1, 0.15) is 0 Å². The summed E-state index contributed by atoms with van der Waals surface area (Å²) in [7, 11) is 0. The number of nitrogens with two attached hydrogens (primary N) is 1. The van der Waals surface area contributed by atoms with E-state index in [-0.39, 0.29) is 5.91 Å². The van der Waals surface area contributed by atoms with Crippen LogP contribution in [-0.2, 0) is 6.42 Å².